The van der Waals surface area contributed by atoms with Gasteiger partial charge in [0, 0.05) is 22.9 Å². The molecule has 0 saturated heterocycles. The van der Waals surface area contributed by atoms with Gasteiger partial charge < -0.3 is 19.9 Å². The van der Waals surface area contributed by atoms with Crippen molar-refractivity contribution in [2.75, 3.05) is 18.5 Å². The quantitative estimate of drug-likeness (QED) is 0.329. The third kappa shape index (κ3) is 6.43. The van der Waals surface area contributed by atoms with Gasteiger partial charge in [-0.15, -0.1) is 0 Å². The second kappa shape index (κ2) is 11.5. The molecule has 0 bridgehead atoms. The van der Waals surface area contributed by atoms with Gasteiger partial charge in [0.1, 0.15) is 5.54 Å². The fraction of sp³-hybridized carbons (Fsp3) is 0.292. The van der Waals surface area contributed by atoms with Crippen molar-refractivity contribution in [1.82, 2.24) is 18.8 Å². The molecule has 2 N–H and O–H groups in total. The molecule has 0 aliphatic carbocycles. The molecule has 11 nitrogen and oxygen atoms in total. The maximum Gasteiger partial charge on any atom is 0.328 e. The van der Waals surface area contributed by atoms with Crippen LogP contribution in [0.25, 0.3) is 11.3 Å². The Bertz CT molecular complexity index is 1620. The average Bonchev–Trinajstić information content (AvgIpc) is 2.81. The van der Waals surface area contributed by atoms with E-state index in [1.807, 2.05) is 0 Å². The Kier molecular flexibility index (Phi) is 8.66. The smallest absolute Gasteiger partial charge is 0.328 e. The summed E-state index contributed by atoms with van der Waals surface area (Å²) in [6, 6.07) is 4.70. The predicted molar refractivity (Wildman–Crippen MR) is 138 cm³/mol. The summed E-state index contributed by atoms with van der Waals surface area (Å²) in [4.78, 5) is 42.6. The average molecular weight is 596 g/mol. The Balaban J connectivity index is 0.000000221. The zero-order chi connectivity index (χ0) is 28.2. The molecule has 0 radical (unpaired) electrons. The van der Waals surface area contributed by atoms with Crippen molar-refractivity contribution in [1.29, 1.82) is 0 Å². The van der Waals surface area contributed by atoms with Crippen LogP contribution in [0.4, 0.5) is 14.5 Å². The monoisotopic (exact) mass is 595 g/mol. The van der Waals surface area contributed by atoms with Crippen molar-refractivity contribution in [3.05, 3.63) is 73.5 Å². The normalized spacial score (nSPS) is 11.1. The van der Waals surface area contributed by atoms with Crippen LogP contribution in [0.15, 0.2) is 50.7 Å². The lowest BCUT2D eigenvalue weighted by Crippen LogP contribution is -2.40. The Hall–Kier alpha value is -4.07. The minimum atomic E-state index is -1.32. The zero-order valence-corrected chi connectivity index (χ0v) is 22.4. The molecular weight excluding hydrogens is 572 g/mol. The Morgan fingerprint density at radius 2 is 1.42 bits per heavy atom. The largest absolute Gasteiger partial charge is 0.480 e. The number of pyridine rings is 2. The summed E-state index contributed by atoms with van der Waals surface area (Å²) in [5, 5.41) is 11.7. The first-order chi connectivity index (χ1) is 17.9. The molecule has 0 amide bonds. The molecule has 0 fully saturated rings. The van der Waals surface area contributed by atoms with Gasteiger partial charge in [-0.3, -0.25) is 18.4 Å². The number of rotatable bonds is 7. The van der Waals surface area contributed by atoms with E-state index < -0.39 is 28.7 Å². The minimum Gasteiger partial charge on any atom is -0.480 e. The highest BCUT2D eigenvalue weighted by atomic mass is 79.9. The molecular formula is C24H24BrF2N5O6. The molecule has 0 unspecified atom stereocenters. The fourth-order valence-corrected chi connectivity index (χ4v) is 3.58. The van der Waals surface area contributed by atoms with Gasteiger partial charge in [-0.05, 0) is 49.7 Å². The van der Waals surface area contributed by atoms with Crippen LogP contribution < -0.4 is 25.9 Å². The van der Waals surface area contributed by atoms with Crippen LogP contribution in [0, 0.1) is 11.6 Å². The van der Waals surface area contributed by atoms with Gasteiger partial charge in [0.25, 0.3) is 11.1 Å². The number of ether oxygens (including phenoxy) is 2. The number of hydrogen-bond acceptors (Lipinski definition) is 8. The molecule has 0 spiro atoms. The van der Waals surface area contributed by atoms with E-state index in [1.54, 1.807) is 13.8 Å². The van der Waals surface area contributed by atoms with Crippen LogP contribution in [-0.4, -0.2) is 48.6 Å². The second-order valence-corrected chi connectivity index (χ2v) is 9.17. The summed E-state index contributed by atoms with van der Waals surface area (Å²) in [7, 11) is 0. The van der Waals surface area contributed by atoms with E-state index in [9.17, 15) is 23.2 Å². The third-order valence-electron chi connectivity index (χ3n) is 4.93. The highest BCUT2D eigenvalue weighted by Crippen LogP contribution is 2.19. The van der Waals surface area contributed by atoms with Crippen LogP contribution in [0.2, 0.25) is 0 Å². The van der Waals surface area contributed by atoms with Crippen LogP contribution in [0.3, 0.4) is 0 Å². The molecule has 0 saturated carbocycles. The van der Waals surface area contributed by atoms with E-state index in [2.05, 4.69) is 31.2 Å². The lowest BCUT2D eigenvalue weighted by atomic mass is 10.1. The van der Waals surface area contributed by atoms with Crippen molar-refractivity contribution in [3.63, 3.8) is 0 Å². The molecule has 0 aliphatic heterocycles. The number of halogens is 3. The molecule has 0 atom stereocenters. The van der Waals surface area contributed by atoms with Crippen LogP contribution in [0.5, 0.6) is 11.8 Å². The summed E-state index contributed by atoms with van der Waals surface area (Å²) in [6.07, 6.45) is 2.76. The lowest BCUT2D eigenvalue weighted by molar-refractivity contribution is -0.141. The topological polar surface area (TPSA) is 137 Å². The summed E-state index contributed by atoms with van der Waals surface area (Å²) in [6.45, 7) is 7.02. The van der Waals surface area contributed by atoms with Crippen molar-refractivity contribution >= 4 is 38.9 Å². The number of carboxylic acid groups (broad SMARTS) is 1. The Labute approximate surface area is 222 Å². The van der Waals surface area contributed by atoms with Crippen molar-refractivity contribution in [3.8, 4) is 11.8 Å². The zero-order valence-electron chi connectivity index (χ0n) is 20.8. The molecule has 202 valence electrons. The van der Waals surface area contributed by atoms with Crippen LogP contribution in [0.1, 0.15) is 27.7 Å². The highest BCUT2D eigenvalue weighted by molar-refractivity contribution is 9.10. The van der Waals surface area contributed by atoms with Crippen LogP contribution >= 0.6 is 15.9 Å². The highest BCUT2D eigenvalue weighted by Gasteiger charge is 2.27. The number of anilines is 1. The predicted octanol–water partition coefficient (Wildman–Crippen LogP) is 3.50. The number of fused-ring (bicyclic) bond motifs is 2. The first-order valence-electron chi connectivity index (χ1n) is 11.2. The number of aliphatic carboxylic acids is 1. The molecule has 4 rings (SSSR count). The summed E-state index contributed by atoms with van der Waals surface area (Å²) in [5.74, 6) is -2.27. The van der Waals surface area contributed by atoms with Crippen molar-refractivity contribution in [2.24, 2.45) is 0 Å². The maximum atomic E-state index is 14.2. The number of hydrogen-bond donors (Lipinski definition) is 2. The van der Waals surface area contributed by atoms with E-state index in [4.69, 9.17) is 14.6 Å². The standard InChI is InChI=1S/C14H16FN3O4.C10H8BrFN2O2/c1-4-22-10-6-11(19)18-7-8(5-9(15)12(18)16-10)17-14(2,3)13(20)21;1-2-16-8-4-9(15)14-5-6(11)3-7(12)10(14)13-8/h5-7,17H,4H2,1-3H3,(H,20,21);3-5H,2H2,1H3. The fourth-order valence-electron chi connectivity index (χ4n) is 3.18. The third-order valence-corrected chi connectivity index (χ3v) is 5.36. The molecule has 4 heterocycles. The van der Waals surface area contributed by atoms with Gasteiger partial charge >= 0.3 is 5.97 Å². The van der Waals surface area contributed by atoms with Crippen LogP contribution in [-0.2, 0) is 4.79 Å². The molecule has 4 aromatic heterocycles. The summed E-state index contributed by atoms with van der Waals surface area (Å²) >= 11 is 3.11. The van der Waals surface area contributed by atoms with E-state index in [0.717, 1.165) is 20.9 Å². The number of nitrogens with one attached hydrogen (secondary N) is 1. The summed E-state index contributed by atoms with van der Waals surface area (Å²) < 4.78 is 40.5. The van der Waals surface area contributed by atoms with E-state index >= 15 is 0 Å². The summed E-state index contributed by atoms with van der Waals surface area (Å²) in [5.41, 5.74) is -2.29. The Morgan fingerprint density at radius 3 is 1.89 bits per heavy atom. The molecule has 14 heteroatoms. The SMILES string of the molecule is CCOc1cc(=O)n2cc(Br)cc(F)c2n1.CCOc1cc(=O)n2cc(NC(C)(C)C(=O)O)cc(F)c2n1. The van der Waals surface area contributed by atoms with E-state index in [0.29, 0.717) is 17.7 Å². The number of carboxylic acids is 1. The molecule has 38 heavy (non-hydrogen) atoms. The molecule has 0 aliphatic rings. The number of nitrogens with zero attached hydrogens (tertiary/aromatic N) is 4. The van der Waals surface area contributed by atoms with E-state index in [1.165, 1.54) is 38.4 Å². The van der Waals surface area contributed by atoms with Crippen molar-refractivity contribution < 1.29 is 28.2 Å². The Morgan fingerprint density at radius 1 is 0.947 bits per heavy atom. The first-order valence-corrected chi connectivity index (χ1v) is 12.0. The van der Waals surface area contributed by atoms with Gasteiger partial charge in [-0.1, -0.05) is 0 Å². The second-order valence-electron chi connectivity index (χ2n) is 8.26. The van der Waals surface area contributed by atoms with Gasteiger partial charge in [0.15, 0.2) is 22.9 Å². The molecule has 4 aromatic rings. The number of carbonyl (C=O) groups is 1. The van der Waals surface area contributed by atoms with Gasteiger partial charge in [0.2, 0.25) is 11.8 Å². The van der Waals surface area contributed by atoms with Crippen molar-refractivity contribution in [2.45, 2.75) is 33.2 Å². The first kappa shape index (κ1) is 28.5. The minimum absolute atomic E-state index is 0.0398. The maximum absolute atomic E-state index is 14.2. The van der Waals surface area contributed by atoms with E-state index in [-0.39, 0.29) is 34.3 Å². The van der Waals surface area contributed by atoms with Gasteiger partial charge in [-0.25, -0.2) is 13.6 Å². The molecule has 0 aromatic carbocycles. The van der Waals surface area contributed by atoms with Gasteiger partial charge in [-0.2, -0.15) is 9.97 Å². The lowest BCUT2D eigenvalue weighted by Gasteiger charge is -2.22. The van der Waals surface area contributed by atoms with Gasteiger partial charge in [0.05, 0.1) is 31.0 Å². The number of aromatic nitrogens is 4.